The Labute approximate surface area is 166 Å². The third kappa shape index (κ3) is 4.98. The molecule has 0 saturated carbocycles. The summed E-state index contributed by atoms with van der Waals surface area (Å²) in [4.78, 5) is 0. The topological polar surface area (TPSA) is 75.3 Å². The van der Waals surface area contributed by atoms with Crippen molar-refractivity contribution in [2.24, 2.45) is 0 Å². The van der Waals surface area contributed by atoms with Crippen LogP contribution in [0.2, 0.25) is 0 Å². The van der Waals surface area contributed by atoms with E-state index in [0.29, 0.717) is 22.8 Å². The minimum atomic E-state index is -3.56. The van der Waals surface area contributed by atoms with Crippen molar-refractivity contribution in [2.75, 3.05) is 39.9 Å². The van der Waals surface area contributed by atoms with Crippen molar-refractivity contribution in [3.05, 3.63) is 48.0 Å². The summed E-state index contributed by atoms with van der Waals surface area (Å²) < 4.78 is 41.2. The van der Waals surface area contributed by atoms with E-state index in [9.17, 15) is 4.57 Å². The Morgan fingerprint density at radius 3 is 1.86 bits per heavy atom. The van der Waals surface area contributed by atoms with Crippen LogP contribution in [0, 0.1) is 0 Å². The summed E-state index contributed by atoms with van der Waals surface area (Å²) in [5.41, 5.74) is 1.41. The van der Waals surface area contributed by atoms with Crippen LogP contribution in [0.4, 0.5) is 5.69 Å². The summed E-state index contributed by atoms with van der Waals surface area (Å²) >= 11 is 0. The van der Waals surface area contributed by atoms with E-state index in [1.807, 2.05) is 30.3 Å². The second kappa shape index (κ2) is 10.4. The second-order valence-electron chi connectivity index (χ2n) is 5.75. The van der Waals surface area contributed by atoms with Crippen LogP contribution >= 0.6 is 7.60 Å². The number of nitrogens with one attached hydrogen (secondary N) is 1. The molecule has 2 aromatic rings. The molecule has 7 nitrogen and oxygen atoms in total. The zero-order valence-electron chi connectivity index (χ0n) is 16.9. The molecular weight excluding hydrogens is 381 g/mol. The van der Waals surface area contributed by atoms with Gasteiger partial charge in [-0.15, -0.1) is 0 Å². The van der Waals surface area contributed by atoms with E-state index >= 15 is 0 Å². The number of hydrogen-bond donors (Lipinski definition) is 1. The molecule has 0 amide bonds. The maximum Gasteiger partial charge on any atom is 0.357 e. The van der Waals surface area contributed by atoms with Gasteiger partial charge in [-0.3, -0.25) is 4.57 Å². The maximum atomic E-state index is 13.7. The Hall–Kier alpha value is -2.21. The fraction of sp³-hybridized carbons (Fsp3) is 0.400. The van der Waals surface area contributed by atoms with Crippen molar-refractivity contribution in [3.63, 3.8) is 0 Å². The maximum absolute atomic E-state index is 13.7. The molecule has 28 heavy (non-hydrogen) atoms. The number of para-hydroxylation sites is 1. The predicted molar refractivity (Wildman–Crippen MR) is 110 cm³/mol. The smallest absolute Gasteiger partial charge is 0.357 e. The highest BCUT2D eigenvalue weighted by Crippen LogP contribution is 2.61. The van der Waals surface area contributed by atoms with Crippen molar-refractivity contribution in [1.29, 1.82) is 0 Å². The molecule has 0 unspecified atom stereocenters. The molecule has 2 rings (SSSR count). The third-order valence-corrected chi connectivity index (χ3v) is 6.31. The Morgan fingerprint density at radius 2 is 1.43 bits per heavy atom. The lowest BCUT2D eigenvalue weighted by Gasteiger charge is -2.29. The van der Waals surface area contributed by atoms with Crippen LogP contribution in [0.5, 0.6) is 17.2 Å². The van der Waals surface area contributed by atoms with Gasteiger partial charge < -0.3 is 28.6 Å². The lowest BCUT2D eigenvalue weighted by Crippen LogP contribution is -2.16. The molecular formula is C20H28NO6P. The molecule has 2 aromatic carbocycles. The second-order valence-corrected chi connectivity index (χ2v) is 7.86. The Kier molecular flexibility index (Phi) is 8.18. The van der Waals surface area contributed by atoms with Crippen molar-refractivity contribution in [2.45, 2.75) is 19.6 Å². The van der Waals surface area contributed by atoms with Gasteiger partial charge in [-0.2, -0.15) is 0 Å². The largest absolute Gasteiger partial charge is 0.493 e. The van der Waals surface area contributed by atoms with Gasteiger partial charge in [0.1, 0.15) is 0 Å². The minimum Gasteiger partial charge on any atom is -0.493 e. The zero-order valence-corrected chi connectivity index (χ0v) is 17.8. The Balaban J connectivity index is 2.62. The fourth-order valence-corrected chi connectivity index (χ4v) is 4.76. The molecule has 154 valence electrons. The van der Waals surface area contributed by atoms with Crippen LogP contribution in [-0.4, -0.2) is 34.5 Å². The molecule has 1 N–H and O–H groups in total. The first-order valence-corrected chi connectivity index (χ1v) is 10.6. The molecule has 0 saturated heterocycles. The van der Waals surface area contributed by atoms with Gasteiger partial charge in [-0.25, -0.2) is 0 Å². The van der Waals surface area contributed by atoms with Gasteiger partial charge >= 0.3 is 7.60 Å². The first kappa shape index (κ1) is 22.1. The number of hydrogen-bond acceptors (Lipinski definition) is 7. The summed E-state index contributed by atoms with van der Waals surface area (Å²) in [5, 5.41) is 3.28. The molecule has 1 atom stereocenters. The van der Waals surface area contributed by atoms with E-state index in [-0.39, 0.29) is 13.2 Å². The molecule has 0 aliphatic heterocycles. The van der Waals surface area contributed by atoms with E-state index in [0.717, 1.165) is 5.69 Å². The van der Waals surface area contributed by atoms with Crippen LogP contribution in [0.25, 0.3) is 0 Å². The average Bonchev–Trinajstić information content (AvgIpc) is 2.71. The summed E-state index contributed by atoms with van der Waals surface area (Å²) in [6, 6.07) is 12.9. The predicted octanol–water partition coefficient (Wildman–Crippen LogP) is 5.09. The van der Waals surface area contributed by atoms with Gasteiger partial charge in [0.25, 0.3) is 0 Å². The third-order valence-electron chi connectivity index (χ3n) is 4.01. The Morgan fingerprint density at radius 1 is 0.893 bits per heavy atom. The molecule has 8 heteroatoms. The van der Waals surface area contributed by atoms with Gasteiger partial charge in [-0.1, -0.05) is 18.2 Å². The SMILES string of the molecule is CCOP(=O)(OCC)[C@@H](Nc1ccccc1)c1cc(OC)c(OC)c(OC)c1. The standard InChI is InChI=1S/C20H28NO6P/c1-6-26-28(22,27-7-2)20(21-16-11-9-8-10-12-16)15-13-17(23-3)19(25-5)18(14-15)24-4/h8-14,20-21H,6-7H2,1-5H3/t20-/m1/s1. The van der Waals surface area contributed by atoms with Crippen molar-refractivity contribution >= 4 is 13.3 Å². The molecule has 0 aliphatic rings. The van der Waals surface area contributed by atoms with Crippen LogP contribution in [0.1, 0.15) is 25.2 Å². The fourth-order valence-electron chi connectivity index (χ4n) is 2.84. The van der Waals surface area contributed by atoms with Crippen LogP contribution in [0.3, 0.4) is 0 Å². The van der Waals surface area contributed by atoms with Crippen molar-refractivity contribution in [3.8, 4) is 17.2 Å². The minimum absolute atomic E-state index is 0.245. The summed E-state index contributed by atoms with van der Waals surface area (Å²) in [7, 11) is 1.03. The van der Waals surface area contributed by atoms with Gasteiger partial charge in [0.2, 0.25) is 5.75 Å². The molecule has 0 fully saturated rings. The number of methoxy groups -OCH3 is 3. The highest BCUT2D eigenvalue weighted by atomic mass is 31.2. The summed E-state index contributed by atoms with van der Waals surface area (Å²) in [6.07, 6.45) is 0. The van der Waals surface area contributed by atoms with Crippen molar-refractivity contribution < 1.29 is 27.8 Å². The van der Waals surface area contributed by atoms with E-state index in [4.69, 9.17) is 23.3 Å². The van der Waals surface area contributed by atoms with Crippen LogP contribution in [-0.2, 0) is 13.6 Å². The van der Waals surface area contributed by atoms with Gasteiger partial charge in [0.05, 0.1) is 34.5 Å². The van der Waals surface area contributed by atoms with Gasteiger partial charge in [-0.05, 0) is 43.7 Å². The van der Waals surface area contributed by atoms with Crippen LogP contribution < -0.4 is 19.5 Å². The lowest BCUT2D eigenvalue weighted by atomic mass is 10.1. The molecule has 0 radical (unpaired) electrons. The number of benzene rings is 2. The lowest BCUT2D eigenvalue weighted by molar-refractivity contribution is 0.214. The van der Waals surface area contributed by atoms with E-state index < -0.39 is 13.4 Å². The summed E-state index contributed by atoms with van der Waals surface area (Å²) in [5.74, 6) is 0.589. The van der Waals surface area contributed by atoms with Gasteiger partial charge in [0, 0.05) is 5.69 Å². The highest BCUT2D eigenvalue weighted by Gasteiger charge is 2.38. The highest BCUT2D eigenvalue weighted by molar-refractivity contribution is 7.54. The first-order valence-electron chi connectivity index (χ1n) is 9.03. The number of rotatable bonds is 11. The molecule has 0 aliphatic carbocycles. The normalized spacial score (nSPS) is 12.3. The van der Waals surface area contributed by atoms with E-state index in [1.54, 1.807) is 26.0 Å². The average molecular weight is 409 g/mol. The van der Waals surface area contributed by atoms with E-state index in [1.165, 1.54) is 21.3 Å². The van der Waals surface area contributed by atoms with E-state index in [2.05, 4.69) is 5.32 Å². The molecule has 0 spiro atoms. The first-order chi connectivity index (χ1) is 13.5. The molecule has 0 bridgehead atoms. The monoisotopic (exact) mass is 409 g/mol. The Bertz CT molecular complexity index is 764. The quantitative estimate of drug-likeness (QED) is 0.518. The molecule has 0 aromatic heterocycles. The number of ether oxygens (including phenoxy) is 3. The summed E-state index contributed by atoms with van der Waals surface area (Å²) in [6.45, 7) is 4.05. The zero-order chi connectivity index (χ0) is 20.6. The van der Waals surface area contributed by atoms with Crippen molar-refractivity contribution in [1.82, 2.24) is 0 Å². The molecule has 0 heterocycles. The van der Waals surface area contributed by atoms with Gasteiger partial charge in [0.15, 0.2) is 17.3 Å². The van der Waals surface area contributed by atoms with Crippen LogP contribution in [0.15, 0.2) is 42.5 Å². The number of anilines is 1.